The zero-order valence-electron chi connectivity index (χ0n) is 10.3. The van der Waals surface area contributed by atoms with Crippen LogP contribution in [0.5, 0.6) is 0 Å². The number of halogens is 2. The molecule has 1 fully saturated rings. The topological polar surface area (TPSA) is 15.3 Å². The lowest BCUT2D eigenvalue weighted by molar-refractivity contribution is 0.174. The standard InChI is InChI=1S/C14H18ClFN2/c1-2-3-14(18-8-6-17-7-9-18)11-4-5-13(16)12(15)10-11/h2,4-5,10,14,17H,1,3,6-9H2/t14-/m0/s1. The van der Waals surface area contributed by atoms with Gasteiger partial charge in [-0.25, -0.2) is 4.39 Å². The highest BCUT2D eigenvalue weighted by Crippen LogP contribution is 2.28. The molecule has 0 saturated carbocycles. The van der Waals surface area contributed by atoms with Crippen molar-refractivity contribution in [3.05, 3.63) is 47.3 Å². The molecule has 18 heavy (non-hydrogen) atoms. The SMILES string of the molecule is C=CC[C@@H](c1ccc(F)c(Cl)c1)N1CCNCC1. The second kappa shape index (κ2) is 6.32. The van der Waals surface area contributed by atoms with Crippen molar-refractivity contribution >= 4 is 11.6 Å². The lowest BCUT2D eigenvalue weighted by Crippen LogP contribution is -2.45. The fourth-order valence-electron chi connectivity index (χ4n) is 2.37. The molecule has 1 heterocycles. The molecule has 1 aromatic rings. The van der Waals surface area contributed by atoms with Crippen LogP contribution in [0.15, 0.2) is 30.9 Å². The summed E-state index contributed by atoms with van der Waals surface area (Å²) in [5, 5.41) is 3.52. The van der Waals surface area contributed by atoms with Crippen LogP contribution in [0.4, 0.5) is 4.39 Å². The van der Waals surface area contributed by atoms with Crippen molar-refractivity contribution in [2.75, 3.05) is 26.2 Å². The highest BCUT2D eigenvalue weighted by atomic mass is 35.5. The van der Waals surface area contributed by atoms with E-state index in [2.05, 4.69) is 16.8 Å². The molecule has 0 spiro atoms. The summed E-state index contributed by atoms with van der Waals surface area (Å²) in [6.07, 6.45) is 2.76. The summed E-state index contributed by atoms with van der Waals surface area (Å²) in [7, 11) is 0. The second-order valence-corrected chi connectivity index (χ2v) is 4.91. The summed E-state index contributed by atoms with van der Waals surface area (Å²) in [6.45, 7) is 7.78. The zero-order chi connectivity index (χ0) is 13.0. The van der Waals surface area contributed by atoms with Gasteiger partial charge in [0.2, 0.25) is 0 Å². The van der Waals surface area contributed by atoms with E-state index in [9.17, 15) is 4.39 Å². The van der Waals surface area contributed by atoms with Gasteiger partial charge in [-0.1, -0.05) is 23.7 Å². The summed E-state index contributed by atoms with van der Waals surface area (Å²) < 4.78 is 13.2. The van der Waals surface area contributed by atoms with E-state index >= 15 is 0 Å². The third-order valence-corrected chi connectivity index (χ3v) is 3.60. The van der Waals surface area contributed by atoms with Crippen molar-refractivity contribution in [2.24, 2.45) is 0 Å². The molecular formula is C14H18ClFN2. The molecule has 0 unspecified atom stereocenters. The van der Waals surface area contributed by atoms with E-state index in [0.29, 0.717) is 0 Å². The summed E-state index contributed by atoms with van der Waals surface area (Å²) >= 11 is 5.87. The minimum absolute atomic E-state index is 0.191. The van der Waals surface area contributed by atoms with E-state index < -0.39 is 0 Å². The molecule has 0 aromatic heterocycles. The lowest BCUT2D eigenvalue weighted by atomic mass is 10.0. The summed E-state index contributed by atoms with van der Waals surface area (Å²) in [4.78, 5) is 2.39. The number of nitrogens with zero attached hydrogens (tertiary/aromatic N) is 1. The van der Waals surface area contributed by atoms with Crippen LogP contribution in [0.2, 0.25) is 5.02 Å². The Morgan fingerprint density at radius 3 is 2.78 bits per heavy atom. The third-order valence-electron chi connectivity index (χ3n) is 3.31. The maximum atomic E-state index is 13.2. The third kappa shape index (κ3) is 3.10. The Morgan fingerprint density at radius 1 is 1.44 bits per heavy atom. The van der Waals surface area contributed by atoms with Gasteiger partial charge in [-0.15, -0.1) is 6.58 Å². The molecule has 1 aliphatic rings. The maximum absolute atomic E-state index is 13.2. The van der Waals surface area contributed by atoms with Gasteiger partial charge in [-0.05, 0) is 24.1 Å². The molecule has 2 rings (SSSR count). The molecule has 98 valence electrons. The Bertz CT molecular complexity index is 416. The van der Waals surface area contributed by atoms with Gasteiger partial charge in [0.1, 0.15) is 5.82 Å². The van der Waals surface area contributed by atoms with Gasteiger partial charge in [0.15, 0.2) is 0 Å². The van der Waals surface area contributed by atoms with Crippen molar-refractivity contribution in [3.63, 3.8) is 0 Å². The maximum Gasteiger partial charge on any atom is 0.141 e. The fraction of sp³-hybridized carbons (Fsp3) is 0.429. The van der Waals surface area contributed by atoms with Crippen LogP contribution in [0.25, 0.3) is 0 Å². The Labute approximate surface area is 112 Å². The number of nitrogens with one attached hydrogen (secondary N) is 1. The molecular weight excluding hydrogens is 251 g/mol. The predicted octanol–water partition coefficient (Wildman–Crippen LogP) is 3.00. The molecule has 0 radical (unpaired) electrons. The number of hydrogen-bond donors (Lipinski definition) is 1. The van der Waals surface area contributed by atoms with Crippen LogP contribution in [0.1, 0.15) is 18.0 Å². The van der Waals surface area contributed by atoms with E-state index in [-0.39, 0.29) is 16.9 Å². The Balaban J connectivity index is 2.22. The molecule has 2 nitrogen and oxygen atoms in total. The Morgan fingerprint density at radius 2 is 2.17 bits per heavy atom. The van der Waals surface area contributed by atoms with Crippen LogP contribution in [-0.4, -0.2) is 31.1 Å². The molecule has 1 N–H and O–H groups in total. The highest BCUT2D eigenvalue weighted by Gasteiger charge is 2.21. The van der Waals surface area contributed by atoms with E-state index in [1.54, 1.807) is 6.07 Å². The average Bonchev–Trinajstić information content (AvgIpc) is 2.40. The summed E-state index contributed by atoms with van der Waals surface area (Å²) in [6, 6.07) is 5.23. The molecule has 1 aliphatic heterocycles. The van der Waals surface area contributed by atoms with Gasteiger partial charge in [0.05, 0.1) is 5.02 Å². The molecule has 0 aliphatic carbocycles. The van der Waals surface area contributed by atoms with Gasteiger partial charge >= 0.3 is 0 Å². The fourth-order valence-corrected chi connectivity index (χ4v) is 2.56. The quantitative estimate of drug-likeness (QED) is 0.845. The van der Waals surface area contributed by atoms with Gasteiger partial charge in [0, 0.05) is 32.2 Å². The van der Waals surface area contributed by atoms with Crippen LogP contribution >= 0.6 is 11.6 Å². The van der Waals surface area contributed by atoms with E-state index in [1.807, 2.05) is 12.1 Å². The monoisotopic (exact) mass is 268 g/mol. The van der Waals surface area contributed by atoms with Crippen LogP contribution in [0.3, 0.4) is 0 Å². The molecule has 0 amide bonds. The zero-order valence-corrected chi connectivity index (χ0v) is 11.1. The second-order valence-electron chi connectivity index (χ2n) is 4.50. The highest BCUT2D eigenvalue weighted by molar-refractivity contribution is 6.30. The minimum atomic E-state index is -0.363. The first kappa shape index (κ1) is 13.5. The summed E-state index contributed by atoms with van der Waals surface area (Å²) in [5.41, 5.74) is 1.06. The van der Waals surface area contributed by atoms with Crippen molar-refractivity contribution in [2.45, 2.75) is 12.5 Å². The van der Waals surface area contributed by atoms with Crippen molar-refractivity contribution in [3.8, 4) is 0 Å². The first-order chi connectivity index (χ1) is 8.72. The minimum Gasteiger partial charge on any atom is -0.314 e. The van der Waals surface area contributed by atoms with Gasteiger partial charge in [-0.2, -0.15) is 0 Å². The Hall–Kier alpha value is -0.900. The van der Waals surface area contributed by atoms with Crippen LogP contribution < -0.4 is 5.32 Å². The van der Waals surface area contributed by atoms with E-state index in [0.717, 1.165) is 38.2 Å². The smallest absolute Gasteiger partial charge is 0.141 e. The molecule has 1 aromatic carbocycles. The number of hydrogen-bond acceptors (Lipinski definition) is 2. The normalized spacial score (nSPS) is 18.6. The number of rotatable bonds is 4. The number of piperazine rings is 1. The molecule has 0 bridgehead atoms. The molecule has 1 atom stereocenters. The predicted molar refractivity (Wildman–Crippen MR) is 73.4 cm³/mol. The first-order valence-corrected chi connectivity index (χ1v) is 6.61. The Kier molecular flexibility index (Phi) is 4.75. The largest absolute Gasteiger partial charge is 0.314 e. The van der Waals surface area contributed by atoms with Gasteiger partial charge < -0.3 is 5.32 Å². The van der Waals surface area contributed by atoms with Crippen molar-refractivity contribution < 1.29 is 4.39 Å². The first-order valence-electron chi connectivity index (χ1n) is 6.23. The van der Waals surface area contributed by atoms with Gasteiger partial charge in [-0.3, -0.25) is 4.90 Å². The lowest BCUT2D eigenvalue weighted by Gasteiger charge is -2.34. The molecule has 1 saturated heterocycles. The van der Waals surface area contributed by atoms with Crippen LogP contribution in [0, 0.1) is 5.82 Å². The summed E-state index contributed by atoms with van der Waals surface area (Å²) in [5.74, 6) is -0.363. The van der Waals surface area contributed by atoms with Gasteiger partial charge in [0.25, 0.3) is 0 Å². The molecule has 4 heteroatoms. The van der Waals surface area contributed by atoms with E-state index in [4.69, 9.17) is 11.6 Å². The van der Waals surface area contributed by atoms with Crippen molar-refractivity contribution in [1.82, 2.24) is 10.2 Å². The van der Waals surface area contributed by atoms with Crippen LogP contribution in [-0.2, 0) is 0 Å². The average molecular weight is 269 g/mol. The number of benzene rings is 1. The van der Waals surface area contributed by atoms with Crippen molar-refractivity contribution in [1.29, 1.82) is 0 Å². The van der Waals surface area contributed by atoms with E-state index in [1.165, 1.54) is 6.07 Å².